The molecule has 0 N–H and O–H groups in total. The zero-order valence-electron chi connectivity index (χ0n) is 8.81. The van der Waals surface area contributed by atoms with Crippen LogP contribution in [0.5, 0.6) is 0 Å². The Bertz CT molecular complexity index is 126. The first-order chi connectivity index (χ1) is 4.89. The van der Waals surface area contributed by atoms with Crippen LogP contribution in [0.25, 0.3) is 0 Å². The fourth-order valence-electron chi connectivity index (χ4n) is 3.27. The second-order valence-corrected chi connectivity index (χ2v) is 5.36. The van der Waals surface area contributed by atoms with E-state index < -0.39 is 0 Å². The van der Waals surface area contributed by atoms with Crippen molar-refractivity contribution in [1.82, 2.24) is 0 Å². The van der Waals surface area contributed by atoms with Gasteiger partial charge in [-0.05, 0) is 29.1 Å². The van der Waals surface area contributed by atoms with Gasteiger partial charge in [0, 0.05) is 0 Å². The van der Waals surface area contributed by atoms with E-state index in [1.165, 1.54) is 0 Å². The van der Waals surface area contributed by atoms with Crippen molar-refractivity contribution in [1.29, 1.82) is 0 Å². The summed E-state index contributed by atoms with van der Waals surface area (Å²) >= 11 is 0. The van der Waals surface area contributed by atoms with Gasteiger partial charge in [0.2, 0.25) is 0 Å². The Labute approximate surface area is 71.4 Å². The molecule has 0 aromatic rings. The van der Waals surface area contributed by atoms with Gasteiger partial charge in [0.25, 0.3) is 0 Å². The maximum absolute atomic E-state index is 2.42. The summed E-state index contributed by atoms with van der Waals surface area (Å²) in [4.78, 5) is 0. The van der Waals surface area contributed by atoms with Gasteiger partial charge >= 0.3 is 0 Å². The van der Waals surface area contributed by atoms with Crippen LogP contribution in [0.3, 0.4) is 0 Å². The van der Waals surface area contributed by atoms with Crippen molar-refractivity contribution in [2.45, 2.75) is 41.5 Å². The van der Waals surface area contributed by atoms with Crippen molar-refractivity contribution < 1.29 is 0 Å². The molecule has 1 aliphatic carbocycles. The third-order valence-electron chi connectivity index (χ3n) is 3.43. The Morgan fingerprint density at radius 1 is 0.818 bits per heavy atom. The van der Waals surface area contributed by atoms with Gasteiger partial charge in [0.05, 0.1) is 0 Å². The molecule has 66 valence electrons. The van der Waals surface area contributed by atoms with Crippen LogP contribution in [0.2, 0.25) is 0 Å². The van der Waals surface area contributed by atoms with Gasteiger partial charge in [-0.15, -0.1) is 0 Å². The molecule has 0 nitrogen and oxygen atoms in total. The van der Waals surface area contributed by atoms with Crippen molar-refractivity contribution in [3.05, 3.63) is 0 Å². The van der Waals surface area contributed by atoms with Gasteiger partial charge in [-0.3, -0.25) is 0 Å². The van der Waals surface area contributed by atoms with Gasteiger partial charge in [0.15, 0.2) is 0 Å². The summed E-state index contributed by atoms with van der Waals surface area (Å²) < 4.78 is 0. The van der Waals surface area contributed by atoms with Crippen molar-refractivity contribution in [2.24, 2.45) is 29.1 Å². The van der Waals surface area contributed by atoms with Crippen LogP contribution in [0.15, 0.2) is 0 Å². The molecule has 0 heterocycles. The van der Waals surface area contributed by atoms with E-state index >= 15 is 0 Å². The van der Waals surface area contributed by atoms with E-state index in [2.05, 4.69) is 41.5 Å². The van der Waals surface area contributed by atoms with Gasteiger partial charge in [0.1, 0.15) is 0 Å². The van der Waals surface area contributed by atoms with Crippen molar-refractivity contribution in [2.75, 3.05) is 0 Å². The highest BCUT2D eigenvalue weighted by atomic mass is 14.6. The first-order valence-corrected chi connectivity index (χ1v) is 4.89. The monoisotopic (exact) mass is 154 g/mol. The van der Waals surface area contributed by atoms with E-state index in [1.807, 2.05) is 0 Å². The van der Waals surface area contributed by atoms with E-state index in [-0.39, 0.29) is 0 Å². The molecule has 1 saturated carbocycles. The van der Waals surface area contributed by atoms with Crippen LogP contribution >= 0.6 is 0 Å². The molecule has 1 aliphatic rings. The Morgan fingerprint density at radius 2 is 1.09 bits per heavy atom. The smallest absolute Gasteiger partial charge is 0.0287 e. The molecule has 0 amide bonds. The van der Waals surface area contributed by atoms with Crippen LogP contribution in [0.1, 0.15) is 41.5 Å². The van der Waals surface area contributed by atoms with Crippen LogP contribution < -0.4 is 0 Å². The largest absolute Gasteiger partial charge is 0.0625 e. The summed E-state index contributed by atoms with van der Waals surface area (Å²) in [6.07, 6.45) is 0. The van der Waals surface area contributed by atoms with E-state index in [9.17, 15) is 0 Å². The summed E-state index contributed by atoms with van der Waals surface area (Å²) in [7, 11) is 0. The maximum Gasteiger partial charge on any atom is -0.0287 e. The first-order valence-electron chi connectivity index (χ1n) is 4.89. The molecule has 1 fully saturated rings. The Balaban J connectivity index is 2.61. The van der Waals surface area contributed by atoms with E-state index in [4.69, 9.17) is 0 Å². The Kier molecular flexibility index (Phi) is 2.07. The third kappa shape index (κ3) is 1.32. The Hall–Kier alpha value is 0. The molecular weight excluding hydrogens is 132 g/mol. The lowest BCUT2D eigenvalue weighted by Crippen LogP contribution is -1.97. The van der Waals surface area contributed by atoms with Crippen LogP contribution in [-0.2, 0) is 0 Å². The molecule has 0 radical (unpaired) electrons. The van der Waals surface area contributed by atoms with Gasteiger partial charge in [-0.1, -0.05) is 41.5 Å². The molecule has 2 atom stereocenters. The summed E-state index contributed by atoms with van der Waals surface area (Å²) in [5.74, 6) is 3.69. The number of hydrogen-bond acceptors (Lipinski definition) is 0. The average molecular weight is 154 g/mol. The van der Waals surface area contributed by atoms with Crippen LogP contribution in [0, 0.1) is 29.1 Å². The molecule has 0 aromatic carbocycles. The molecule has 0 unspecified atom stereocenters. The quantitative estimate of drug-likeness (QED) is 0.570. The fraction of sp³-hybridized carbons (Fsp3) is 1.00. The van der Waals surface area contributed by atoms with E-state index in [0.29, 0.717) is 5.41 Å². The summed E-state index contributed by atoms with van der Waals surface area (Å²) in [5.41, 5.74) is 0.627. The van der Waals surface area contributed by atoms with E-state index in [0.717, 1.165) is 23.7 Å². The van der Waals surface area contributed by atoms with Crippen LogP contribution in [-0.4, -0.2) is 0 Å². The van der Waals surface area contributed by atoms with Crippen LogP contribution in [0.4, 0.5) is 0 Å². The lowest BCUT2D eigenvalue weighted by Gasteiger charge is -2.04. The lowest BCUT2D eigenvalue weighted by molar-refractivity contribution is 0.448. The predicted octanol–water partition coefficient (Wildman–Crippen LogP) is 3.57. The molecule has 0 heteroatoms. The van der Waals surface area contributed by atoms with E-state index in [1.54, 1.807) is 0 Å². The molecule has 1 rings (SSSR count). The number of hydrogen-bond donors (Lipinski definition) is 0. The highest BCUT2D eigenvalue weighted by Crippen LogP contribution is 2.64. The van der Waals surface area contributed by atoms with Gasteiger partial charge < -0.3 is 0 Å². The van der Waals surface area contributed by atoms with Gasteiger partial charge in [-0.2, -0.15) is 0 Å². The summed E-state index contributed by atoms with van der Waals surface area (Å²) in [6, 6.07) is 0. The standard InChI is InChI=1S/C11H22/c1-7(2)9-10(8(3)4)11(9,5)6/h7-10H,1-6H3/t9-,10+. The number of rotatable bonds is 2. The highest BCUT2D eigenvalue weighted by Gasteiger charge is 2.59. The second-order valence-electron chi connectivity index (χ2n) is 5.36. The molecule has 11 heavy (non-hydrogen) atoms. The normalized spacial score (nSPS) is 34.9. The van der Waals surface area contributed by atoms with Crippen molar-refractivity contribution in [3.63, 3.8) is 0 Å². The summed E-state index contributed by atoms with van der Waals surface area (Å²) in [5, 5.41) is 0. The Morgan fingerprint density at radius 3 is 1.18 bits per heavy atom. The minimum Gasteiger partial charge on any atom is -0.0625 e. The first kappa shape index (κ1) is 9.09. The zero-order valence-corrected chi connectivity index (χ0v) is 8.81. The summed E-state index contributed by atoms with van der Waals surface area (Å²) in [6.45, 7) is 14.3. The molecule has 0 spiro atoms. The SMILES string of the molecule is CC(C)[C@@H]1[C@H](C(C)C)C1(C)C. The molecule has 0 aliphatic heterocycles. The predicted molar refractivity (Wildman–Crippen MR) is 50.4 cm³/mol. The highest BCUT2D eigenvalue weighted by molar-refractivity contribution is 5.06. The van der Waals surface area contributed by atoms with Crippen molar-refractivity contribution in [3.8, 4) is 0 Å². The van der Waals surface area contributed by atoms with Crippen molar-refractivity contribution >= 4 is 0 Å². The topological polar surface area (TPSA) is 0 Å². The van der Waals surface area contributed by atoms with Gasteiger partial charge in [-0.25, -0.2) is 0 Å². The lowest BCUT2D eigenvalue weighted by atomic mass is 10.0. The zero-order chi connectivity index (χ0) is 8.81. The molecule has 0 bridgehead atoms. The minimum absolute atomic E-state index is 0.627. The molecular formula is C11H22. The molecule has 0 aromatic heterocycles. The molecule has 0 saturated heterocycles. The third-order valence-corrected chi connectivity index (χ3v) is 3.43. The fourth-order valence-corrected chi connectivity index (χ4v) is 3.27. The second kappa shape index (κ2) is 2.50. The average Bonchev–Trinajstić information content (AvgIpc) is 2.33. The minimum atomic E-state index is 0.627. The maximum atomic E-state index is 2.42.